The normalized spacial score (nSPS) is 17.0. The quantitative estimate of drug-likeness (QED) is 0.747. The highest BCUT2D eigenvalue weighted by atomic mass is 32.2. The molecule has 0 aromatic heterocycles. The summed E-state index contributed by atoms with van der Waals surface area (Å²) in [5.41, 5.74) is 0. The van der Waals surface area contributed by atoms with Crippen molar-refractivity contribution in [3.8, 4) is 5.75 Å². The van der Waals surface area contributed by atoms with Crippen LogP contribution in [0.2, 0.25) is 0 Å². The average Bonchev–Trinajstić information content (AvgIpc) is 2.61. The van der Waals surface area contributed by atoms with Gasteiger partial charge in [0, 0.05) is 26.2 Å². The molecule has 2 rings (SSSR count). The van der Waals surface area contributed by atoms with Crippen molar-refractivity contribution in [1.29, 1.82) is 0 Å². The number of carbonyl (C=O) groups excluding carboxylic acids is 1. The van der Waals surface area contributed by atoms with Crippen LogP contribution in [0.5, 0.6) is 5.75 Å². The largest absolute Gasteiger partial charge is 0.484 e. The Bertz CT molecular complexity index is 654. The summed E-state index contributed by atoms with van der Waals surface area (Å²) in [5.74, 6) is 0.196. The van der Waals surface area contributed by atoms with Gasteiger partial charge in [-0.1, -0.05) is 6.42 Å². The highest BCUT2D eigenvalue weighted by molar-refractivity contribution is 7.89. The predicted molar refractivity (Wildman–Crippen MR) is 94.0 cm³/mol. The Morgan fingerprint density at radius 1 is 1.20 bits per heavy atom. The van der Waals surface area contributed by atoms with Crippen LogP contribution in [0.15, 0.2) is 29.2 Å². The second-order valence-corrected chi connectivity index (χ2v) is 8.09. The Balaban J connectivity index is 1.90. The number of methoxy groups -OCH3 is 1. The lowest BCUT2D eigenvalue weighted by Crippen LogP contribution is -2.38. The SMILES string of the molecule is COCC(C)NC(=O)COc1ccc(S(=O)(=O)N2CCCCC2)cc1. The van der Waals surface area contributed by atoms with Gasteiger partial charge in [-0.05, 0) is 44.0 Å². The van der Waals surface area contributed by atoms with Gasteiger partial charge < -0.3 is 14.8 Å². The molecule has 0 spiro atoms. The van der Waals surface area contributed by atoms with E-state index in [0.29, 0.717) is 25.4 Å². The van der Waals surface area contributed by atoms with E-state index in [4.69, 9.17) is 9.47 Å². The first-order valence-electron chi connectivity index (χ1n) is 8.45. The summed E-state index contributed by atoms with van der Waals surface area (Å²) in [5, 5.41) is 2.74. The molecule has 0 aliphatic carbocycles. The van der Waals surface area contributed by atoms with E-state index in [2.05, 4.69) is 5.32 Å². The molecular formula is C17H26N2O5S. The summed E-state index contributed by atoms with van der Waals surface area (Å²) in [6.07, 6.45) is 2.87. The van der Waals surface area contributed by atoms with Crippen LogP contribution in [-0.2, 0) is 19.6 Å². The molecule has 1 aromatic carbocycles. The van der Waals surface area contributed by atoms with Crippen LogP contribution in [0.1, 0.15) is 26.2 Å². The van der Waals surface area contributed by atoms with E-state index < -0.39 is 10.0 Å². The molecule has 1 unspecified atom stereocenters. The first-order valence-corrected chi connectivity index (χ1v) is 9.89. The number of carbonyl (C=O) groups is 1. The third kappa shape index (κ3) is 5.69. The van der Waals surface area contributed by atoms with Gasteiger partial charge in [0.05, 0.1) is 11.5 Å². The van der Waals surface area contributed by atoms with Crippen LogP contribution in [0, 0.1) is 0 Å². The van der Waals surface area contributed by atoms with Crippen molar-refractivity contribution in [3.63, 3.8) is 0 Å². The van der Waals surface area contributed by atoms with Gasteiger partial charge >= 0.3 is 0 Å². The molecule has 1 atom stereocenters. The number of amides is 1. The van der Waals surface area contributed by atoms with Crippen LogP contribution in [-0.4, -0.2) is 58.1 Å². The van der Waals surface area contributed by atoms with Gasteiger partial charge in [0.25, 0.3) is 5.91 Å². The van der Waals surface area contributed by atoms with E-state index in [1.165, 1.54) is 16.4 Å². The number of ether oxygens (including phenoxy) is 2. The van der Waals surface area contributed by atoms with Crippen LogP contribution in [0.4, 0.5) is 0 Å². The van der Waals surface area contributed by atoms with Crippen molar-refractivity contribution in [1.82, 2.24) is 9.62 Å². The highest BCUT2D eigenvalue weighted by Crippen LogP contribution is 2.22. The number of rotatable bonds is 8. The Hall–Kier alpha value is -1.64. The van der Waals surface area contributed by atoms with Crippen molar-refractivity contribution in [3.05, 3.63) is 24.3 Å². The van der Waals surface area contributed by atoms with Crippen molar-refractivity contribution in [2.45, 2.75) is 37.1 Å². The standard InChI is InChI=1S/C17H26N2O5S/c1-14(12-23-2)18-17(20)13-24-15-6-8-16(9-7-15)25(21,22)19-10-4-3-5-11-19/h6-9,14H,3-5,10-13H2,1-2H3,(H,18,20). The predicted octanol–water partition coefficient (Wildman–Crippen LogP) is 1.39. The first-order chi connectivity index (χ1) is 11.9. The number of hydrogen-bond donors (Lipinski definition) is 1. The zero-order valence-electron chi connectivity index (χ0n) is 14.7. The van der Waals surface area contributed by atoms with E-state index in [1.807, 2.05) is 6.92 Å². The minimum Gasteiger partial charge on any atom is -0.484 e. The average molecular weight is 370 g/mol. The van der Waals surface area contributed by atoms with Gasteiger partial charge in [-0.15, -0.1) is 0 Å². The van der Waals surface area contributed by atoms with Gasteiger partial charge in [-0.2, -0.15) is 4.31 Å². The molecule has 1 saturated heterocycles. The fraction of sp³-hybridized carbons (Fsp3) is 0.588. The van der Waals surface area contributed by atoms with E-state index >= 15 is 0 Å². The summed E-state index contributed by atoms with van der Waals surface area (Å²) in [6.45, 7) is 3.27. The number of nitrogens with one attached hydrogen (secondary N) is 1. The number of sulfonamides is 1. The van der Waals surface area contributed by atoms with Crippen LogP contribution < -0.4 is 10.1 Å². The van der Waals surface area contributed by atoms with Gasteiger partial charge in [0.1, 0.15) is 5.75 Å². The van der Waals surface area contributed by atoms with Crippen molar-refractivity contribution < 1.29 is 22.7 Å². The van der Waals surface area contributed by atoms with Crippen LogP contribution >= 0.6 is 0 Å². The molecule has 140 valence electrons. The molecule has 1 fully saturated rings. The summed E-state index contributed by atoms with van der Waals surface area (Å²) < 4.78 is 37.0. The van der Waals surface area contributed by atoms with E-state index in [-0.39, 0.29) is 23.5 Å². The minimum absolute atomic E-state index is 0.0989. The van der Waals surface area contributed by atoms with Gasteiger partial charge in [0.2, 0.25) is 10.0 Å². The van der Waals surface area contributed by atoms with Crippen LogP contribution in [0.3, 0.4) is 0 Å². The molecule has 1 aromatic rings. The van der Waals surface area contributed by atoms with Crippen molar-refractivity contribution in [2.24, 2.45) is 0 Å². The third-order valence-corrected chi connectivity index (χ3v) is 5.88. The van der Waals surface area contributed by atoms with Crippen LogP contribution in [0.25, 0.3) is 0 Å². The molecule has 1 heterocycles. The Morgan fingerprint density at radius 2 is 1.84 bits per heavy atom. The second kappa shape index (κ2) is 9.17. The van der Waals surface area contributed by atoms with Gasteiger partial charge in [-0.25, -0.2) is 8.42 Å². The molecule has 1 aliphatic heterocycles. The van der Waals surface area contributed by atoms with Crippen molar-refractivity contribution in [2.75, 3.05) is 33.4 Å². The fourth-order valence-corrected chi connectivity index (χ4v) is 4.24. The lowest BCUT2D eigenvalue weighted by Gasteiger charge is -2.25. The van der Waals surface area contributed by atoms with Gasteiger partial charge in [0.15, 0.2) is 6.61 Å². The zero-order valence-corrected chi connectivity index (χ0v) is 15.5. The molecule has 8 heteroatoms. The first kappa shape index (κ1) is 19.7. The van der Waals surface area contributed by atoms with E-state index in [9.17, 15) is 13.2 Å². The number of hydrogen-bond acceptors (Lipinski definition) is 5. The number of piperidine rings is 1. The molecule has 1 amide bonds. The Morgan fingerprint density at radius 3 is 2.44 bits per heavy atom. The van der Waals surface area contributed by atoms with E-state index in [0.717, 1.165) is 19.3 Å². The summed E-state index contributed by atoms with van der Waals surface area (Å²) in [6, 6.07) is 6.08. The maximum Gasteiger partial charge on any atom is 0.258 e. The van der Waals surface area contributed by atoms with Gasteiger partial charge in [-0.3, -0.25) is 4.79 Å². The Labute approximate surface area is 149 Å². The molecule has 0 bridgehead atoms. The molecule has 0 radical (unpaired) electrons. The maximum atomic E-state index is 12.6. The molecular weight excluding hydrogens is 344 g/mol. The molecule has 7 nitrogen and oxygen atoms in total. The summed E-state index contributed by atoms with van der Waals surface area (Å²) in [7, 11) is -1.88. The Kier molecular flexibility index (Phi) is 7.22. The summed E-state index contributed by atoms with van der Waals surface area (Å²) >= 11 is 0. The monoisotopic (exact) mass is 370 g/mol. The fourth-order valence-electron chi connectivity index (χ4n) is 2.72. The second-order valence-electron chi connectivity index (χ2n) is 6.15. The molecule has 1 N–H and O–H groups in total. The van der Waals surface area contributed by atoms with E-state index in [1.54, 1.807) is 19.2 Å². The highest BCUT2D eigenvalue weighted by Gasteiger charge is 2.25. The maximum absolute atomic E-state index is 12.6. The lowest BCUT2D eigenvalue weighted by atomic mass is 10.2. The smallest absolute Gasteiger partial charge is 0.258 e. The number of nitrogens with zero attached hydrogens (tertiary/aromatic N) is 1. The molecule has 25 heavy (non-hydrogen) atoms. The third-order valence-electron chi connectivity index (χ3n) is 3.97. The molecule has 0 saturated carbocycles. The van der Waals surface area contributed by atoms with Crippen molar-refractivity contribution >= 4 is 15.9 Å². The number of benzene rings is 1. The lowest BCUT2D eigenvalue weighted by molar-refractivity contribution is -0.124. The summed E-state index contributed by atoms with van der Waals surface area (Å²) in [4.78, 5) is 12.0. The molecule has 1 aliphatic rings. The minimum atomic E-state index is -3.45. The zero-order chi connectivity index (χ0) is 18.3. The topological polar surface area (TPSA) is 84.9 Å².